The van der Waals surface area contributed by atoms with Gasteiger partial charge in [0, 0.05) is 16.0 Å². The van der Waals surface area contributed by atoms with Gasteiger partial charge in [-0.1, -0.05) is 11.6 Å². The van der Waals surface area contributed by atoms with Crippen LogP contribution in [0.1, 0.15) is 16.7 Å². The maximum atomic E-state index is 12.5. The summed E-state index contributed by atoms with van der Waals surface area (Å²) in [6, 6.07) is 1.63. The summed E-state index contributed by atoms with van der Waals surface area (Å²) in [4.78, 5) is 12.5. The molecule has 6 nitrogen and oxygen atoms in total. The van der Waals surface area contributed by atoms with E-state index >= 15 is 0 Å². The third-order valence-electron chi connectivity index (χ3n) is 5.02. The van der Waals surface area contributed by atoms with E-state index in [-0.39, 0.29) is 37.2 Å². The highest BCUT2D eigenvalue weighted by molar-refractivity contribution is 6.33. The Balaban J connectivity index is 1.50. The van der Waals surface area contributed by atoms with Crippen molar-refractivity contribution in [2.24, 2.45) is 0 Å². The van der Waals surface area contributed by atoms with Crippen molar-refractivity contribution >= 4 is 28.5 Å². The standard InChI is InChI=1S/C18H20ClNO5/c1-8-3-13-15(9(2)16(8)19)10(5-23-13)4-14(22)20-11-6-24-18-12(21)7-25-17(11)18/h3,5,11-12,17-18,21H,4,6-7H2,1-2H3,(H,20,22)/t11-,12+,17+,18+/m0/s1. The Morgan fingerprint density at radius 3 is 2.88 bits per heavy atom. The fraction of sp³-hybridized carbons (Fsp3) is 0.500. The first kappa shape index (κ1) is 16.8. The predicted octanol–water partition coefficient (Wildman–Crippen LogP) is 1.89. The molecule has 3 heterocycles. The van der Waals surface area contributed by atoms with Gasteiger partial charge < -0.3 is 24.3 Å². The molecule has 0 bridgehead atoms. The van der Waals surface area contributed by atoms with Crippen molar-refractivity contribution in [1.82, 2.24) is 5.32 Å². The van der Waals surface area contributed by atoms with Crippen molar-refractivity contribution < 1.29 is 23.8 Å². The maximum Gasteiger partial charge on any atom is 0.224 e. The molecule has 2 aliphatic rings. The number of rotatable bonds is 3. The topological polar surface area (TPSA) is 80.9 Å². The molecular formula is C18H20ClNO5. The molecule has 0 aliphatic carbocycles. The lowest BCUT2D eigenvalue weighted by molar-refractivity contribution is -0.121. The molecule has 134 valence electrons. The number of furan rings is 1. The van der Waals surface area contributed by atoms with E-state index < -0.39 is 6.10 Å². The lowest BCUT2D eigenvalue weighted by atomic mass is 10.0. The normalized spacial score (nSPS) is 28.5. The first-order valence-corrected chi connectivity index (χ1v) is 8.70. The van der Waals surface area contributed by atoms with Crippen molar-refractivity contribution in [1.29, 1.82) is 0 Å². The number of amides is 1. The van der Waals surface area contributed by atoms with Gasteiger partial charge >= 0.3 is 0 Å². The van der Waals surface area contributed by atoms with E-state index in [0.717, 1.165) is 27.7 Å². The molecule has 7 heteroatoms. The van der Waals surface area contributed by atoms with E-state index in [1.54, 1.807) is 6.26 Å². The summed E-state index contributed by atoms with van der Waals surface area (Å²) in [5.41, 5.74) is 3.39. The minimum atomic E-state index is -0.627. The van der Waals surface area contributed by atoms with Crippen LogP contribution in [0.25, 0.3) is 11.0 Å². The van der Waals surface area contributed by atoms with Gasteiger partial charge in [-0.25, -0.2) is 0 Å². The van der Waals surface area contributed by atoms with Crippen LogP contribution in [0, 0.1) is 13.8 Å². The fourth-order valence-electron chi connectivity index (χ4n) is 3.77. The van der Waals surface area contributed by atoms with Crippen LogP contribution in [0.3, 0.4) is 0 Å². The van der Waals surface area contributed by atoms with E-state index in [2.05, 4.69) is 5.32 Å². The zero-order chi connectivity index (χ0) is 17.7. The number of carbonyl (C=O) groups is 1. The Kier molecular flexibility index (Phi) is 4.24. The monoisotopic (exact) mass is 365 g/mol. The van der Waals surface area contributed by atoms with Crippen LogP contribution in [0.2, 0.25) is 5.02 Å². The van der Waals surface area contributed by atoms with Crippen LogP contribution < -0.4 is 5.32 Å². The first-order chi connectivity index (χ1) is 12.0. The average molecular weight is 366 g/mol. The van der Waals surface area contributed by atoms with E-state index in [1.807, 2.05) is 19.9 Å². The second-order valence-electron chi connectivity index (χ2n) is 6.78. The van der Waals surface area contributed by atoms with Gasteiger partial charge in [0.2, 0.25) is 5.91 Å². The lowest BCUT2D eigenvalue weighted by Crippen LogP contribution is -2.44. The fourth-order valence-corrected chi connectivity index (χ4v) is 3.92. The highest BCUT2D eigenvalue weighted by Crippen LogP contribution is 2.33. The molecule has 1 amide bonds. The molecule has 2 saturated heterocycles. The molecule has 0 spiro atoms. The number of benzene rings is 1. The second kappa shape index (κ2) is 6.29. The molecule has 2 N–H and O–H groups in total. The number of fused-ring (bicyclic) bond motifs is 2. The third-order valence-corrected chi connectivity index (χ3v) is 5.60. The largest absolute Gasteiger partial charge is 0.464 e. The summed E-state index contributed by atoms with van der Waals surface area (Å²) in [5.74, 6) is -0.141. The third kappa shape index (κ3) is 2.83. The number of hydrogen-bond acceptors (Lipinski definition) is 5. The Morgan fingerprint density at radius 1 is 1.32 bits per heavy atom. The Hall–Kier alpha value is -1.60. The maximum absolute atomic E-state index is 12.5. The summed E-state index contributed by atoms with van der Waals surface area (Å²) < 4.78 is 16.7. The smallest absolute Gasteiger partial charge is 0.224 e. The average Bonchev–Trinajstić information content (AvgIpc) is 3.24. The summed E-state index contributed by atoms with van der Waals surface area (Å²) in [6.07, 6.45) is 0.515. The van der Waals surface area contributed by atoms with E-state index in [9.17, 15) is 9.90 Å². The zero-order valence-corrected chi connectivity index (χ0v) is 14.8. The van der Waals surface area contributed by atoms with Crippen molar-refractivity contribution in [2.45, 2.75) is 44.6 Å². The highest BCUT2D eigenvalue weighted by Gasteiger charge is 2.47. The van der Waals surface area contributed by atoms with Crippen molar-refractivity contribution in [2.75, 3.05) is 13.2 Å². The second-order valence-corrected chi connectivity index (χ2v) is 7.16. The van der Waals surface area contributed by atoms with Gasteiger partial charge in [-0.05, 0) is 31.0 Å². The first-order valence-electron chi connectivity index (χ1n) is 8.32. The molecule has 2 aliphatic heterocycles. The lowest BCUT2D eigenvalue weighted by Gasteiger charge is -2.17. The van der Waals surface area contributed by atoms with Crippen molar-refractivity contribution in [3.05, 3.63) is 34.0 Å². The van der Waals surface area contributed by atoms with E-state index in [0.29, 0.717) is 11.6 Å². The molecule has 2 fully saturated rings. The molecule has 4 atom stereocenters. The van der Waals surface area contributed by atoms with Crippen LogP contribution in [0.4, 0.5) is 0 Å². The molecule has 4 rings (SSSR count). The van der Waals surface area contributed by atoms with Gasteiger partial charge in [-0.2, -0.15) is 0 Å². The van der Waals surface area contributed by atoms with Gasteiger partial charge in [0.1, 0.15) is 23.9 Å². The van der Waals surface area contributed by atoms with E-state index in [1.165, 1.54) is 0 Å². The summed E-state index contributed by atoms with van der Waals surface area (Å²) in [7, 11) is 0. The van der Waals surface area contributed by atoms with Gasteiger partial charge in [0.05, 0.1) is 31.9 Å². The number of ether oxygens (including phenoxy) is 2. The molecule has 0 saturated carbocycles. The summed E-state index contributed by atoms with van der Waals surface area (Å²) in [5, 5.41) is 14.3. The minimum Gasteiger partial charge on any atom is -0.464 e. The number of nitrogens with one attached hydrogen (secondary N) is 1. The Labute approximate surface area is 150 Å². The summed E-state index contributed by atoms with van der Waals surface area (Å²) in [6.45, 7) is 4.44. The molecular weight excluding hydrogens is 346 g/mol. The number of aliphatic hydroxyl groups is 1. The molecule has 1 aromatic carbocycles. The van der Waals surface area contributed by atoms with Gasteiger partial charge in [-0.3, -0.25) is 4.79 Å². The van der Waals surface area contributed by atoms with Crippen LogP contribution in [-0.2, 0) is 20.7 Å². The van der Waals surface area contributed by atoms with Gasteiger partial charge in [0.15, 0.2) is 0 Å². The quantitative estimate of drug-likeness (QED) is 0.868. The Bertz CT molecular complexity index is 832. The van der Waals surface area contributed by atoms with E-state index in [4.69, 9.17) is 25.5 Å². The van der Waals surface area contributed by atoms with Crippen LogP contribution in [-0.4, -0.2) is 48.6 Å². The highest BCUT2D eigenvalue weighted by atomic mass is 35.5. The van der Waals surface area contributed by atoms with Gasteiger partial charge in [-0.15, -0.1) is 0 Å². The van der Waals surface area contributed by atoms with Crippen molar-refractivity contribution in [3.63, 3.8) is 0 Å². The molecule has 0 radical (unpaired) electrons. The molecule has 25 heavy (non-hydrogen) atoms. The van der Waals surface area contributed by atoms with Crippen LogP contribution >= 0.6 is 11.6 Å². The number of aliphatic hydroxyl groups excluding tert-OH is 1. The molecule has 1 aromatic heterocycles. The SMILES string of the molecule is Cc1cc2occ(CC(=O)N[C@H]3CO[C@H]4[C@@H]3OC[C@H]4O)c2c(C)c1Cl. The number of aryl methyl sites for hydroxylation is 2. The minimum absolute atomic E-state index is 0.141. The number of halogens is 1. The number of carbonyl (C=O) groups excluding carboxylic acids is 1. The number of hydrogen-bond donors (Lipinski definition) is 2. The van der Waals surface area contributed by atoms with Crippen LogP contribution in [0.5, 0.6) is 0 Å². The van der Waals surface area contributed by atoms with Crippen molar-refractivity contribution in [3.8, 4) is 0 Å². The Morgan fingerprint density at radius 2 is 2.08 bits per heavy atom. The molecule has 2 aromatic rings. The summed E-state index contributed by atoms with van der Waals surface area (Å²) >= 11 is 6.34. The zero-order valence-electron chi connectivity index (χ0n) is 14.0. The van der Waals surface area contributed by atoms with Crippen LogP contribution in [0.15, 0.2) is 16.7 Å². The molecule has 0 unspecified atom stereocenters. The van der Waals surface area contributed by atoms with Gasteiger partial charge in [0.25, 0.3) is 0 Å². The predicted molar refractivity (Wildman–Crippen MR) is 91.8 cm³/mol.